The molecule has 21 heavy (non-hydrogen) atoms. The molecular weight excluding hydrogens is 427 g/mol. The molecule has 1 aromatic rings. The van der Waals surface area contributed by atoms with Crippen LogP contribution >= 0.6 is 15.9 Å². The Hall–Kier alpha value is 0.499. The Labute approximate surface area is 145 Å². The molecule has 0 unspecified atom stereocenters. The van der Waals surface area contributed by atoms with Crippen molar-refractivity contribution in [2.75, 3.05) is 0 Å². The van der Waals surface area contributed by atoms with Crippen molar-refractivity contribution in [1.29, 1.82) is 0 Å². The first-order valence-electron chi connectivity index (χ1n) is 8.90. The van der Waals surface area contributed by atoms with Crippen LogP contribution in [0.25, 0.3) is 0 Å². The van der Waals surface area contributed by atoms with E-state index in [2.05, 4.69) is 61.0 Å². The Morgan fingerprint density at radius 3 is 1.81 bits per heavy atom. The fraction of sp³-hybridized carbons (Fsp3) is 0.684. The van der Waals surface area contributed by atoms with Crippen molar-refractivity contribution in [2.45, 2.75) is 77.0 Å². The molecule has 0 saturated heterocycles. The van der Waals surface area contributed by atoms with Crippen molar-refractivity contribution in [3.63, 3.8) is 0 Å². The van der Waals surface area contributed by atoms with E-state index in [0.29, 0.717) is 0 Å². The maximum absolute atomic E-state index is 3.65. The van der Waals surface area contributed by atoms with Gasteiger partial charge in [0.25, 0.3) is 0 Å². The van der Waals surface area contributed by atoms with Gasteiger partial charge in [-0.1, -0.05) is 0 Å². The topological polar surface area (TPSA) is 0 Å². The summed E-state index contributed by atoms with van der Waals surface area (Å²) < 4.78 is 7.54. The van der Waals surface area contributed by atoms with E-state index in [1.165, 1.54) is 47.4 Å². The van der Waals surface area contributed by atoms with Crippen molar-refractivity contribution >= 4 is 34.3 Å². The minimum atomic E-state index is -2.00. The molecule has 0 saturated carbocycles. The molecule has 0 radical (unpaired) electrons. The average molecular weight is 460 g/mol. The Kier molecular flexibility index (Phi) is 10.3. The molecule has 0 aliphatic carbocycles. The van der Waals surface area contributed by atoms with Crippen LogP contribution in [0.4, 0.5) is 0 Å². The summed E-state index contributed by atoms with van der Waals surface area (Å²) in [5.74, 6) is 0. The van der Waals surface area contributed by atoms with E-state index in [9.17, 15) is 0 Å². The number of rotatable bonds is 11. The zero-order valence-electron chi connectivity index (χ0n) is 14.3. The van der Waals surface area contributed by atoms with Gasteiger partial charge >= 0.3 is 146 Å². The summed E-state index contributed by atoms with van der Waals surface area (Å²) in [6.07, 6.45) is 8.52. The van der Waals surface area contributed by atoms with E-state index in [1.54, 1.807) is 18.9 Å². The van der Waals surface area contributed by atoms with Gasteiger partial charge in [-0.2, -0.15) is 0 Å². The second-order valence-electron chi connectivity index (χ2n) is 6.62. The van der Waals surface area contributed by atoms with Crippen LogP contribution in [0.2, 0.25) is 13.3 Å². The molecule has 0 nitrogen and oxygen atoms in total. The molecule has 1 rings (SSSR count). The van der Waals surface area contributed by atoms with Gasteiger partial charge in [-0.25, -0.2) is 0 Å². The van der Waals surface area contributed by atoms with E-state index in [-0.39, 0.29) is 0 Å². The number of hydrogen-bond donors (Lipinski definition) is 0. The number of benzene rings is 1. The van der Waals surface area contributed by atoms with Gasteiger partial charge in [0.05, 0.1) is 0 Å². The molecule has 0 N–H and O–H groups in total. The summed E-state index contributed by atoms with van der Waals surface area (Å²) in [5, 5.41) is 0. The first kappa shape index (κ1) is 19.5. The van der Waals surface area contributed by atoms with E-state index >= 15 is 0 Å². The van der Waals surface area contributed by atoms with Gasteiger partial charge in [-0.15, -0.1) is 0 Å². The van der Waals surface area contributed by atoms with Crippen LogP contribution in [0.5, 0.6) is 0 Å². The Morgan fingerprint density at radius 2 is 1.38 bits per heavy atom. The average Bonchev–Trinajstić information content (AvgIpc) is 2.48. The minimum absolute atomic E-state index is 1.25. The first-order valence-corrected chi connectivity index (χ1v) is 17.8. The second kappa shape index (κ2) is 11.1. The summed E-state index contributed by atoms with van der Waals surface area (Å²) in [5.41, 5.74) is 1.60. The van der Waals surface area contributed by atoms with Crippen molar-refractivity contribution in [3.8, 4) is 0 Å². The quantitative estimate of drug-likeness (QED) is 0.303. The summed E-state index contributed by atoms with van der Waals surface area (Å²) in [6, 6.07) is 9.11. The van der Waals surface area contributed by atoms with Gasteiger partial charge < -0.3 is 0 Å². The third-order valence-electron chi connectivity index (χ3n) is 4.65. The summed E-state index contributed by atoms with van der Waals surface area (Å²) in [6.45, 7) is 7.07. The third kappa shape index (κ3) is 7.54. The predicted molar refractivity (Wildman–Crippen MR) is 103 cm³/mol. The molecule has 0 atom stereocenters. The van der Waals surface area contributed by atoms with Crippen molar-refractivity contribution in [1.82, 2.24) is 0 Å². The van der Waals surface area contributed by atoms with E-state index in [1.807, 2.05) is 0 Å². The van der Waals surface area contributed by atoms with Crippen molar-refractivity contribution < 1.29 is 0 Å². The molecule has 0 aliphatic heterocycles. The van der Waals surface area contributed by atoms with Crippen LogP contribution < -0.4 is 0 Å². The van der Waals surface area contributed by atoms with Gasteiger partial charge in [-0.05, 0) is 0 Å². The monoisotopic (exact) mass is 460 g/mol. The fourth-order valence-corrected chi connectivity index (χ4v) is 20.0. The first-order chi connectivity index (χ1) is 10.2. The standard InChI is InChI=1S/C7H6Br.3C4H9.Sn/c1-6-3-2-4-7(8)5-6;3*1-3-4-2;/h2-5H,1H2;3*1,3-4H2,2H3;. The zero-order chi connectivity index (χ0) is 15.6. The SMILES string of the molecule is CCC[CH2][Sn]([CH2]CCC)([CH2]CCC)[CH2]c1cccc(Br)c1. The van der Waals surface area contributed by atoms with Crippen LogP contribution in [0.1, 0.15) is 64.9 Å². The second-order valence-corrected chi connectivity index (χ2v) is 21.4. The summed E-state index contributed by atoms with van der Waals surface area (Å²) in [7, 11) is 0. The number of halogens is 1. The van der Waals surface area contributed by atoms with Gasteiger partial charge in [0.2, 0.25) is 0 Å². The van der Waals surface area contributed by atoms with Crippen LogP contribution in [-0.2, 0) is 4.44 Å². The van der Waals surface area contributed by atoms with E-state index in [0.717, 1.165) is 0 Å². The van der Waals surface area contributed by atoms with Gasteiger partial charge in [-0.3, -0.25) is 0 Å². The molecule has 0 bridgehead atoms. The third-order valence-corrected chi connectivity index (χ3v) is 20.6. The molecular formula is C19H33BrSn. The van der Waals surface area contributed by atoms with Crippen LogP contribution in [0.15, 0.2) is 28.7 Å². The van der Waals surface area contributed by atoms with Crippen molar-refractivity contribution in [2.24, 2.45) is 0 Å². The molecule has 0 amide bonds. The Balaban J connectivity index is 2.88. The molecule has 0 fully saturated rings. The van der Waals surface area contributed by atoms with Gasteiger partial charge in [0, 0.05) is 0 Å². The molecule has 0 spiro atoms. The van der Waals surface area contributed by atoms with E-state index < -0.39 is 18.4 Å². The van der Waals surface area contributed by atoms with Crippen molar-refractivity contribution in [3.05, 3.63) is 34.3 Å². The zero-order valence-corrected chi connectivity index (χ0v) is 18.7. The van der Waals surface area contributed by atoms with Crippen LogP contribution in [0.3, 0.4) is 0 Å². The normalized spacial score (nSPS) is 11.8. The molecule has 120 valence electrons. The van der Waals surface area contributed by atoms with Gasteiger partial charge in [0.1, 0.15) is 0 Å². The fourth-order valence-electron chi connectivity index (χ4n) is 3.38. The molecule has 1 aromatic carbocycles. The Bertz CT molecular complexity index is 367. The van der Waals surface area contributed by atoms with E-state index in [4.69, 9.17) is 0 Å². The van der Waals surface area contributed by atoms with Crippen LogP contribution in [-0.4, -0.2) is 18.4 Å². The molecule has 0 aliphatic rings. The maximum atomic E-state index is 3.65. The summed E-state index contributed by atoms with van der Waals surface area (Å²) >= 11 is 1.65. The van der Waals surface area contributed by atoms with Gasteiger partial charge in [0.15, 0.2) is 0 Å². The molecule has 0 aromatic heterocycles. The molecule has 0 heterocycles. The van der Waals surface area contributed by atoms with Crippen LogP contribution in [0, 0.1) is 0 Å². The number of unbranched alkanes of at least 4 members (excludes halogenated alkanes) is 3. The Morgan fingerprint density at radius 1 is 0.857 bits per heavy atom. The predicted octanol–water partition coefficient (Wildman–Crippen LogP) is 7.38. The molecule has 2 heteroatoms. The summed E-state index contributed by atoms with van der Waals surface area (Å²) in [4.78, 5) is 0. The number of hydrogen-bond acceptors (Lipinski definition) is 0.